The van der Waals surface area contributed by atoms with Crippen molar-refractivity contribution in [3.8, 4) is 0 Å². The van der Waals surface area contributed by atoms with E-state index in [9.17, 15) is 19.7 Å². The standard InChI is InChI=1S/C25H22N4O5/c30-22(31)15-26-13-12-16-6-8-18(9-7-16)27-24(17-4-2-1-3-5-17)23-20-14-19(29(33)34)10-11-21(20)28-25(23)32/h1-11,14,23,26H,12-13,15H2,(H,28,32)(H,30,31). The number of carbonyl (C=O) groups is 2. The Labute approximate surface area is 195 Å². The molecule has 3 N–H and O–H groups in total. The Morgan fingerprint density at radius 2 is 1.82 bits per heavy atom. The summed E-state index contributed by atoms with van der Waals surface area (Å²) in [6.45, 7) is 0.438. The predicted molar refractivity (Wildman–Crippen MR) is 128 cm³/mol. The average Bonchev–Trinajstić information content (AvgIpc) is 3.16. The van der Waals surface area contributed by atoms with Gasteiger partial charge < -0.3 is 15.7 Å². The van der Waals surface area contributed by atoms with E-state index in [0.717, 1.165) is 11.1 Å². The van der Waals surface area contributed by atoms with Crippen LogP contribution in [0.25, 0.3) is 0 Å². The molecular formula is C25H22N4O5. The summed E-state index contributed by atoms with van der Waals surface area (Å²) in [4.78, 5) is 39.2. The molecule has 1 amide bonds. The minimum absolute atomic E-state index is 0.0893. The van der Waals surface area contributed by atoms with Crippen LogP contribution < -0.4 is 10.6 Å². The van der Waals surface area contributed by atoms with Gasteiger partial charge in [0.2, 0.25) is 5.91 Å². The summed E-state index contributed by atoms with van der Waals surface area (Å²) >= 11 is 0. The van der Waals surface area contributed by atoms with Gasteiger partial charge in [0.1, 0.15) is 5.92 Å². The zero-order chi connectivity index (χ0) is 24.1. The molecule has 0 saturated heterocycles. The number of rotatable bonds is 9. The van der Waals surface area contributed by atoms with Gasteiger partial charge in [0.25, 0.3) is 5.69 Å². The van der Waals surface area contributed by atoms with Crippen LogP contribution in [0, 0.1) is 10.1 Å². The number of non-ortho nitro benzene ring substituents is 1. The molecule has 172 valence electrons. The highest BCUT2D eigenvalue weighted by Crippen LogP contribution is 2.38. The summed E-state index contributed by atoms with van der Waals surface area (Å²) in [6.07, 6.45) is 0.658. The molecule has 0 bridgehead atoms. The van der Waals surface area contributed by atoms with E-state index in [1.165, 1.54) is 12.1 Å². The Hall–Kier alpha value is -4.37. The SMILES string of the molecule is O=C(O)CNCCc1ccc(N=C(c2ccccc2)C2C(=O)Nc3ccc([N+](=O)[O-])cc32)cc1. The number of benzene rings is 3. The monoisotopic (exact) mass is 458 g/mol. The van der Waals surface area contributed by atoms with E-state index in [0.29, 0.717) is 35.6 Å². The van der Waals surface area contributed by atoms with Crippen molar-refractivity contribution < 1.29 is 19.6 Å². The van der Waals surface area contributed by atoms with Crippen molar-refractivity contribution in [3.05, 3.63) is 99.6 Å². The van der Waals surface area contributed by atoms with Crippen LogP contribution in [0.2, 0.25) is 0 Å². The van der Waals surface area contributed by atoms with Crippen LogP contribution in [0.4, 0.5) is 17.1 Å². The normalized spacial score (nSPS) is 15.0. The molecule has 1 unspecified atom stereocenters. The van der Waals surface area contributed by atoms with Gasteiger partial charge in [0.05, 0.1) is 22.9 Å². The van der Waals surface area contributed by atoms with Gasteiger partial charge in [-0.2, -0.15) is 0 Å². The molecule has 0 aliphatic carbocycles. The highest BCUT2D eigenvalue weighted by molar-refractivity contribution is 6.24. The van der Waals surface area contributed by atoms with Crippen molar-refractivity contribution in [2.45, 2.75) is 12.3 Å². The average molecular weight is 458 g/mol. The molecule has 1 heterocycles. The maximum Gasteiger partial charge on any atom is 0.317 e. The van der Waals surface area contributed by atoms with Gasteiger partial charge in [-0.1, -0.05) is 42.5 Å². The number of nitrogens with one attached hydrogen (secondary N) is 2. The molecule has 9 nitrogen and oxygen atoms in total. The quantitative estimate of drug-likeness (QED) is 0.194. The number of carboxylic acid groups (broad SMARTS) is 1. The smallest absolute Gasteiger partial charge is 0.317 e. The molecule has 0 aromatic heterocycles. The summed E-state index contributed by atoms with van der Waals surface area (Å²) < 4.78 is 0. The molecule has 1 atom stereocenters. The fourth-order valence-corrected chi connectivity index (χ4v) is 3.84. The van der Waals surface area contributed by atoms with Crippen molar-refractivity contribution in [3.63, 3.8) is 0 Å². The Kier molecular flexibility index (Phi) is 6.74. The van der Waals surface area contributed by atoms with Crippen LogP contribution in [0.3, 0.4) is 0 Å². The number of nitro groups is 1. The van der Waals surface area contributed by atoms with E-state index in [1.54, 1.807) is 6.07 Å². The van der Waals surface area contributed by atoms with Crippen molar-refractivity contribution in [1.82, 2.24) is 5.32 Å². The van der Waals surface area contributed by atoms with E-state index >= 15 is 0 Å². The Balaban J connectivity index is 1.66. The molecule has 0 spiro atoms. The molecule has 4 rings (SSSR count). The summed E-state index contributed by atoms with van der Waals surface area (Å²) in [6, 6.07) is 21.0. The van der Waals surface area contributed by atoms with Gasteiger partial charge in [-0.25, -0.2) is 0 Å². The highest BCUT2D eigenvalue weighted by atomic mass is 16.6. The second-order valence-electron chi connectivity index (χ2n) is 7.80. The van der Waals surface area contributed by atoms with Crippen LogP contribution >= 0.6 is 0 Å². The molecule has 34 heavy (non-hydrogen) atoms. The third-order valence-corrected chi connectivity index (χ3v) is 5.47. The highest BCUT2D eigenvalue weighted by Gasteiger charge is 2.36. The Bertz CT molecular complexity index is 1260. The van der Waals surface area contributed by atoms with Gasteiger partial charge in [0, 0.05) is 23.4 Å². The lowest BCUT2D eigenvalue weighted by Crippen LogP contribution is -2.24. The number of carboxylic acids is 1. The number of fused-ring (bicyclic) bond motifs is 1. The molecule has 3 aromatic rings. The molecule has 1 aliphatic heterocycles. The van der Waals surface area contributed by atoms with E-state index in [1.807, 2.05) is 54.6 Å². The van der Waals surface area contributed by atoms with Crippen molar-refractivity contribution in [2.24, 2.45) is 4.99 Å². The summed E-state index contributed by atoms with van der Waals surface area (Å²) in [5.41, 5.74) is 3.84. The Morgan fingerprint density at radius 1 is 1.09 bits per heavy atom. The van der Waals surface area contributed by atoms with Crippen molar-refractivity contribution in [2.75, 3.05) is 18.4 Å². The largest absolute Gasteiger partial charge is 0.480 e. The first-order chi connectivity index (χ1) is 16.4. The van der Waals surface area contributed by atoms with E-state index in [4.69, 9.17) is 10.1 Å². The lowest BCUT2D eigenvalue weighted by molar-refractivity contribution is -0.384. The van der Waals surface area contributed by atoms with Crippen LogP contribution in [-0.2, 0) is 16.0 Å². The fourth-order valence-electron chi connectivity index (χ4n) is 3.84. The third-order valence-electron chi connectivity index (χ3n) is 5.47. The van der Waals surface area contributed by atoms with Crippen molar-refractivity contribution >= 4 is 34.7 Å². The number of aliphatic carboxylic acids is 1. The summed E-state index contributed by atoms with van der Waals surface area (Å²) in [5, 5.41) is 25.7. The number of carbonyl (C=O) groups excluding carboxylic acids is 1. The van der Waals surface area contributed by atoms with Gasteiger partial charge in [-0.05, 0) is 42.3 Å². The number of anilines is 1. The number of hydrogen-bond acceptors (Lipinski definition) is 6. The first kappa shape index (κ1) is 22.8. The topological polar surface area (TPSA) is 134 Å². The van der Waals surface area contributed by atoms with Gasteiger partial charge in [-0.15, -0.1) is 0 Å². The van der Waals surface area contributed by atoms with E-state index < -0.39 is 16.8 Å². The van der Waals surface area contributed by atoms with E-state index in [-0.39, 0.29) is 18.1 Å². The van der Waals surface area contributed by atoms with Crippen LogP contribution in [0.5, 0.6) is 0 Å². The number of amides is 1. The molecule has 0 fully saturated rings. The predicted octanol–water partition coefficient (Wildman–Crippen LogP) is 3.67. The molecule has 0 saturated carbocycles. The van der Waals surface area contributed by atoms with Gasteiger partial charge >= 0.3 is 5.97 Å². The number of nitro benzene ring substituents is 1. The molecule has 3 aromatic carbocycles. The van der Waals surface area contributed by atoms with Crippen LogP contribution in [0.15, 0.2) is 77.8 Å². The van der Waals surface area contributed by atoms with Gasteiger partial charge in [-0.3, -0.25) is 24.7 Å². The molecular weight excluding hydrogens is 436 g/mol. The fraction of sp³-hybridized carbons (Fsp3) is 0.160. The van der Waals surface area contributed by atoms with E-state index in [2.05, 4.69) is 10.6 Å². The summed E-state index contributed by atoms with van der Waals surface area (Å²) in [5.74, 6) is -1.99. The minimum atomic E-state index is -0.902. The number of hydrogen-bond donors (Lipinski definition) is 3. The lowest BCUT2D eigenvalue weighted by atomic mass is 9.90. The molecule has 0 radical (unpaired) electrons. The summed E-state index contributed by atoms with van der Waals surface area (Å²) in [7, 11) is 0. The Morgan fingerprint density at radius 3 is 2.50 bits per heavy atom. The first-order valence-electron chi connectivity index (χ1n) is 10.7. The number of aliphatic imine (C=N–C) groups is 1. The molecule has 1 aliphatic rings. The van der Waals surface area contributed by atoms with Gasteiger partial charge in [0.15, 0.2) is 0 Å². The van der Waals surface area contributed by atoms with Crippen LogP contribution in [0.1, 0.15) is 22.6 Å². The van der Waals surface area contributed by atoms with Crippen molar-refractivity contribution in [1.29, 1.82) is 0 Å². The first-order valence-corrected chi connectivity index (χ1v) is 10.7. The molecule has 9 heteroatoms. The number of nitrogens with zero attached hydrogens (tertiary/aromatic N) is 2. The lowest BCUT2D eigenvalue weighted by Gasteiger charge is -2.14. The van der Waals surface area contributed by atoms with Crippen LogP contribution in [-0.4, -0.2) is 40.7 Å². The zero-order valence-corrected chi connectivity index (χ0v) is 18.1. The second-order valence-corrected chi connectivity index (χ2v) is 7.80. The maximum absolute atomic E-state index is 13.0. The maximum atomic E-state index is 13.0. The second kappa shape index (κ2) is 10.1. The third kappa shape index (κ3) is 5.16. The minimum Gasteiger partial charge on any atom is -0.480 e. The zero-order valence-electron chi connectivity index (χ0n) is 18.1.